The maximum absolute atomic E-state index is 11.9. The van der Waals surface area contributed by atoms with E-state index in [4.69, 9.17) is 15.1 Å². The van der Waals surface area contributed by atoms with Gasteiger partial charge in [0.15, 0.2) is 0 Å². The molecule has 0 aliphatic carbocycles. The van der Waals surface area contributed by atoms with Gasteiger partial charge in [-0.1, -0.05) is 12.1 Å². The van der Waals surface area contributed by atoms with Gasteiger partial charge in [0, 0.05) is 12.8 Å². The lowest BCUT2D eigenvalue weighted by molar-refractivity contribution is -0.156. The van der Waals surface area contributed by atoms with E-state index in [1.54, 1.807) is 45.0 Å². The van der Waals surface area contributed by atoms with Crippen LogP contribution in [0.1, 0.15) is 44.7 Å². The molecule has 0 bridgehead atoms. The van der Waals surface area contributed by atoms with Crippen LogP contribution in [0.15, 0.2) is 24.3 Å². The van der Waals surface area contributed by atoms with E-state index in [2.05, 4.69) is 0 Å². The number of esters is 1. The molecule has 1 unspecified atom stereocenters. The molecule has 0 saturated carbocycles. The SMILES string of the molecule is CC(C)(C)OC(=O)CC(CC(=O)O)Cc1ccc(C#N)cc1. The summed E-state index contributed by atoms with van der Waals surface area (Å²) < 4.78 is 5.25. The summed E-state index contributed by atoms with van der Waals surface area (Å²) >= 11 is 0. The fraction of sp³-hybridized carbons (Fsp3) is 0.471. The van der Waals surface area contributed by atoms with Crippen LogP contribution >= 0.6 is 0 Å². The van der Waals surface area contributed by atoms with Gasteiger partial charge in [-0.05, 0) is 50.8 Å². The molecule has 118 valence electrons. The molecule has 0 heterocycles. The highest BCUT2D eigenvalue weighted by atomic mass is 16.6. The zero-order valence-corrected chi connectivity index (χ0v) is 13.1. The van der Waals surface area contributed by atoms with Crippen LogP contribution in [0.25, 0.3) is 0 Å². The van der Waals surface area contributed by atoms with Gasteiger partial charge in [-0.3, -0.25) is 9.59 Å². The lowest BCUT2D eigenvalue weighted by atomic mass is 9.92. The molecule has 1 aromatic rings. The number of carboxylic acids is 1. The first-order chi connectivity index (χ1) is 10.2. The molecule has 0 fully saturated rings. The number of hydrogen-bond acceptors (Lipinski definition) is 4. The van der Waals surface area contributed by atoms with Crippen molar-refractivity contribution in [3.63, 3.8) is 0 Å². The molecule has 0 aromatic heterocycles. The standard InChI is InChI=1S/C17H21NO4/c1-17(2,3)22-16(21)10-14(9-15(19)20)8-12-4-6-13(11-18)7-5-12/h4-7,14H,8-10H2,1-3H3,(H,19,20). The number of nitrogens with zero attached hydrogens (tertiary/aromatic N) is 1. The van der Waals surface area contributed by atoms with Crippen LogP contribution in [-0.4, -0.2) is 22.6 Å². The summed E-state index contributed by atoms with van der Waals surface area (Å²) in [6.45, 7) is 5.33. The molecule has 1 atom stereocenters. The third kappa shape index (κ3) is 6.89. The van der Waals surface area contributed by atoms with Gasteiger partial charge in [0.1, 0.15) is 5.60 Å². The van der Waals surface area contributed by atoms with Crippen LogP contribution < -0.4 is 0 Å². The first-order valence-electron chi connectivity index (χ1n) is 7.12. The Hall–Kier alpha value is -2.35. The maximum atomic E-state index is 11.9. The molecule has 0 saturated heterocycles. The molecule has 0 amide bonds. The average Bonchev–Trinajstić information content (AvgIpc) is 2.36. The van der Waals surface area contributed by atoms with Gasteiger partial charge in [0.25, 0.3) is 0 Å². The van der Waals surface area contributed by atoms with E-state index in [1.165, 1.54) is 0 Å². The molecular formula is C17H21NO4. The largest absolute Gasteiger partial charge is 0.481 e. The van der Waals surface area contributed by atoms with Crippen LogP contribution in [0.5, 0.6) is 0 Å². The number of aliphatic carboxylic acids is 1. The van der Waals surface area contributed by atoms with Gasteiger partial charge >= 0.3 is 11.9 Å². The Labute approximate surface area is 130 Å². The number of carbonyl (C=O) groups is 2. The highest BCUT2D eigenvalue weighted by molar-refractivity contribution is 5.72. The van der Waals surface area contributed by atoms with Gasteiger partial charge in [-0.25, -0.2) is 0 Å². The van der Waals surface area contributed by atoms with Crippen molar-refractivity contribution in [3.05, 3.63) is 35.4 Å². The van der Waals surface area contributed by atoms with E-state index in [-0.39, 0.29) is 18.8 Å². The lowest BCUT2D eigenvalue weighted by Gasteiger charge is -2.21. The van der Waals surface area contributed by atoms with Gasteiger partial charge in [0.2, 0.25) is 0 Å². The Balaban J connectivity index is 2.73. The number of hydrogen-bond donors (Lipinski definition) is 1. The van der Waals surface area contributed by atoms with Gasteiger partial charge < -0.3 is 9.84 Å². The van der Waals surface area contributed by atoms with Crippen molar-refractivity contribution < 1.29 is 19.4 Å². The first-order valence-corrected chi connectivity index (χ1v) is 7.12. The summed E-state index contributed by atoms with van der Waals surface area (Å²) in [6.07, 6.45) is 0.417. The van der Waals surface area contributed by atoms with E-state index in [0.717, 1.165) is 5.56 Å². The molecule has 0 aliphatic rings. The molecule has 1 rings (SSSR count). The lowest BCUT2D eigenvalue weighted by Crippen LogP contribution is -2.26. The summed E-state index contributed by atoms with van der Waals surface area (Å²) in [4.78, 5) is 22.9. The minimum atomic E-state index is -0.942. The molecule has 0 spiro atoms. The summed E-state index contributed by atoms with van der Waals surface area (Å²) in [5.74, 6) is -1.67. The summed E-state index contributed by atoms with van der Waals surface area (Å²) in [5, 5.41) is 17.8. The normalized spacial score (nSPS) is 12.3. The second kappa shape index (κ2) is 7.60. The second-order valence-electron chi connectivity index (χ2n) is 6.27. The monoisotopic (exact) mass is 303 g/mol. The van der Waals surface area contributed by atoms with E-state index in [9.17, 15) is 9.59 Å². The number of carbonyl (C=O) groups excluding carboxylic acids is 1. The Morgan fingerprint density at radius 1 is 1.23 bits per heavy atom. The van der Waals surface area contributed by atoms with E-state index >= 15 is 0 Å². The fourth-order valence-electron chi connectivity index (χ4n) is 2.13. The van der Waals surface area contributed by atoms with Crippen LogP contribution in [0.3, 0.4) is 0 Å². The Bertz CT molecular complexity index is 564. The summed E-state index contributed by atoms with van der Waals surface area (Å²) in [7, 11) is 0. The first kappa shape index (κ1) is 17.7. The van der Waals surface area contributed by atoms with Crippen molar-refractivity contribution >= 4 is 11.9 Å². The predicted octanol–water partition coefficient (Wildman–Crippen LogP) is 2.92. The third-order valence-corrected chi connectivity index (χ3v) is 2.95. The maximum Gasteiger partial charge on any atom is 0.306 e. The average molecular weight is 303 g/mol. The van der Waals surface area contributed by atoms with Crippen LogP contribution in [-0.2, 0) is 20.7 Å². The number of rotatable bonds is 6. The van der Waals surface area contributed by atoms with Crippen molar-refractivity contribution in [1.29, 1.82) is 5.26 Å². The molecule has 0 aliphatic heterocycles. The topological polar surface area (TPSA) is 87.4 Å². The highest BCUT2D eigenvalue weighted by Crippen LogP contribution is 2.19. The van der Waals surface area contributed by atoms with Crippen molar-refractivity contribution in [2.24, 2.45) is 5.92 Å². The van der Waals surface area contributed by atoms with Crippen LogP contribution in [0, 0.1) is 17.2 Å². The van der Waals surface area contributed by atoms with Crippen LogP contribution in [0.2, 0.25) is 0 Å². The quantitative estimate of drug-likeness (QED) is 0.816. The predicted molar refractivity (Wildman–Crippen MR) is 81.1 cm³/mol. The molecule has 5 nitrogen and oxygen atoms in total. The summed E-state index contributed by atoms with van der Waals surface area (Å²) in [5.41, 5.74) is 0.860. The van der Waals surface area contributed by atoms with Gasteiger partial charge in [0.05, 0.1) is 11.6 Å². The number of ether oxygens (including phenoxy) is 1. The van der Waals surface area contributed by atoms with Crippen molar-refractivity contribution in [2.75, 3.05) is 0 Å². The minimum Gasteiger partial charge on any atom is -0.481 e. The van der Waals surface area contributed by atoms with Crippen LogP contribution in [0.4, 0.5) is 0 Å². The number of benzene rings is 1. The Morgan fingerprint density at radius 2 is 1.82 bits per heavy atom. The summed E-state index contributed by atoms with van der Waals surface area (Å²) in [6, 6.07) is 8.95. The molecule has 1 N–H and O–H groups in total. The zero-order chi connectivity index (χ0) is 16.8. The fourth-order valence-corrected chi connectivity index (χ4v) is 2.13. The van der Waals surface area contributed by atoms with E-state index < -0.39 is 17.5 Å². The number of carboxylic acid groups (broad SMARTS) is 1. The third-order valence-electron chi connectivity index (χ3n) is 2.95. The van der Waals surface area contributed by atoms with E-state index in [0.29, 0.717) is 12.0 Å². The highest BCUT2D eigenvalue weighted by Gasteiger charge is 2.22. The van der Waals surface area contributed by atoms with Gasteiger partial charge in [-0.2, -0.15) is 5.26 Å². The Kier molecular flexibility index (Phi) is 6.11. The smallest absolute Gasteiger partial charge is 0.306 e. The van der Waals surface area contributed by atoms with E-state index in [1.807, 2.05) is 6.07 Å². The second-order valence-corrected chi connectivity index (χ2v) is 6.27. The van der Waals surface area contributed by atoms with Gasteiger partial charge in [-0.15, -0.1) is 0 Å². The molecule has 1 aromatic carbocycles. The zero-order valence-electron chi connectivity index (χ0n) is 13.1. The van der Waals surface area contributed by atoms with Crippen molar-refractivity contribution in [1.82, 2.24) is 0 Å². The Morgan fingerprint density at radius 3 is 2.27 bits per heavy atom. The molecular weight excluding hydrogens is 282 g/mol. The number of nitriles is 1. The minimum absolute atomic E-state index is 0.0591. The molecule has 22 heavy (non-hydrogen) atoms. The van der Waals surface area contributed by atoms with Crippen molar-refractivity contribution in [2.45, 2.75) is 45.6 Å². The molecule has 0 radical (unpaired) electrons. The van der Waals surface area contributed by atoms with Crippen molar-refractivity contribution in [3.8, 4) is 6.07 Å². The molecule has 5 heteroatoms.